The Hall–Kier alpha value is -2.93. The number of ether oxygens (including phenoxy) is 3. The molecule has 164 valence electrons. The van der Waals surface area contributed by atoms with Gasteiger partial charge in [0.1, 0.15) is 5.75 Å². The van der Waals surface area contributed by atoms with E-state index in [2.05, 4.69) is 24.5 Å². The number of carbonyl (C=O) groups is 1. The number of aliphatic hydroxyl groups excluding tert-OH is 1. The van der Waals surface area contributed by atoms with Gasteiger partial charge in [0.05, 0.1) is 33.5 Å². The number of methoxy groups -OCH3 is 2. The first-order valence-corrected chi connectivity index (χ1v) is 10.1. The van der Waals surface area contributed by atoms with Gasteiger partial charge in [-0.3, -0.25) is 0 Å². The molecular weight excluding hydrogens is 384 g/mol. The third-order valence-corrected chi connectivity index (χ3v) is 4.59. The Morgan fingerprint density at radius 1 is 1.07 bits per heavy atom. The smallest absolute Gasteiger partial charge is 0.319 e. The molecule has 30 heavy (non-hydrogen) atoms. The molecule has 0 aliphatic heterocycles. The molecular formula is C23H32N2O5. The summed E-state index contributed by atoms with van der Waals surface area (Å²) in [6, 6.07) is 11.4. The summed E-state index contributed by atoms with van der Waals surface area (Å²) in [4.78, 5) is 12.5. The van der Waals surface area contributed by atoms with Crippen molar-refractivity contribution in [1.29, 1.82) is 0 Å². The van der Waals surface area contributed by atoms with Gasteiger partial charge in [-0.1, -0.05) is 26.0 Å². The third-order valence-electron chi connectivity index (χ3n) is 4.59. The summed E-state index contributed by atoms with van der Waals surface area (Å²) in [5.74, 6) is 2.46. The second-order valence-electron chi connectivity index (χ2n) is 7.36. The predicted molar refractivity (Wildman–Crippen MR) is 118 cm³/mol. The number of carbonyl (C=O) groups excluding carboxylic acids is 1. The molecule has 1 unspecified atom stereocenters. The van der Waals surface area contributed by atoms with E-state index < -0.39 is 12.1 Å². The minimum Gasteiger partial charge on any atom is -0.497 e. The van der Waals surface area contributed by atoms with Crippen molar-refractivity contribution >= 4 is 11.7 Å². The summed E-state index contributed by atoms with van der Waals surface area (Å²) in [6.07, 6.45) is 2.02. The van der Waals surface area contributed by atoms with Crippen LogP contribution in [0.1, 0.15) is 38.3 Å². The van der Waals surface area contributed by atoms with Crippen molar-refractivity contribution < 1.29 is 24.1 Å². The van der Waals surface area contributed by atoms with E-state index in [0.717, 1.165) is 18.4 Å². The molecule has 3 N–H and O–H groups in total. The van der Waals surface area contributed by atoms with Gasteiger partial charge in [-0.2, -0.15) is 0 Å². The van der Waals surface area contributed by atoms with E-state index in [1.807, 2.05) is 12.1 Å². The van der Waals surface area contributed by atoms with Crippen molar-refractivity contribution in [3.8, 4) is 17.2 Å². The lowest BCUT2D eigenvalue weighted by atomic mass is 10.1. The number of urea groups is 1. The molecule has 2 aromatic carbocycles. The van der Waals surface area contributed by atoms with Gasteiger partial charge in [0, 0.05) is 11.8 Å². The van der Waals surface area contributed by atoms with Gasteiger partial charge in [-0.15, -0.1) is 0 Å². The number of amides is 2. The average Bonchev–Trinajstić information content (AvgIpc) is 2.75. The second kappa shape index (κ2) is 11.9. The Morgan fingerprint density at radius 2 is 1.87 bits per heavy atom. The van der Waals surface area contributed by atoms with Crippen LogP contribution in [0, 0.1) is 5.92 Å². The first kappa shape index (κ1) is 23.3. The fourth-order valence-electron chi connectivity index (χ4n) is 2.96. The fourth-order valence-corrected chi connectivity index (χ4v) is 2.96. The number of nitrogens with one attached hydrogen (secondary N) is 2. The Bertz CT molecular complexity index is 810. The predicted octanol–water partition coefficient (Wildman–Crippen LogP) is 4.37. The standard InChI is InChI=1S/C23H32N2O5/c1-16(2)7-6-12-30-22-14-18(10-11-21(22)29-4)24-23(27)25-20(15-26)17-8-5-9-19(13-17)28-3/h5,8-11,13-14,16,20,26H,6-7,12,15H2,1-4H3,(H2,24,25,27). The topological polar surface area (TPSA) is 89.1 Å². The molecule has 7 nitrogen and oxygen atoms in total. The van der Waals surface area contributed by atoms with Crippen LogP contribution in [0.4, 0.5) is 10.5 Å². The maximum Gasteiger partial charge on any atom is 0.319 e. The van der Waals surface area contributed by atoms with Gasteiger partial charge < -0.3 is 30.0 Å². The lowest BCUT2D eigenvalue weighted by Gasteiger charge is -2.18. The maximum absolute atomic E-state index is 12.5. The molecule has 0 bridgehead atoms. The van der Waals surface area contributed by atoms with Crippen LogP contribution in [0.25, 0.3) is 0 Å². The Labute approximate surface area is 178 Å². The fraction of sp³-hybridized carbons (Fsp3) is 0.435. The van der Waals surface area contributed by atoms with Crippen LogP contribution < -0.4 is 24.8 Å². The molecule has 2 amide bonds. The number of hydrogen-bond donors (Lipinski definition) is 3. The summed E-state index contributed by atoms with van der Waals surface area (Å²) >= 11 is 0. The van der Waals surface area contributed by atoms with E-state index in [1.165, 1.54) is 0 Å². The summed E-state index contributed by atoms with van der Waals surface area (Å²) in [6.45, 7) is 4.68. The van der Waals surface area contributed by atoms with Gasteiger partial charge in [0.25, 0.3) is 0 Å². The van der Waals surface area contributed by atoms with Crippen molar-refractivity contribution in [1.82, 2.24) is 5.32 Å². The van der Waals surface area contributed by atoms with Crippen molar-refractivity contribution in [3.63, 3.8) is 0 Å². The number of rotatable bonds is 11. The normalized spacial score (nSPS) is 11.7. The SMILES string of the molecule is COc1cccc(C(CO)NC(=O)Nc2ccc(OC)c(OCCCC(C)C)c2)c1. The minimum atomic E-state index is -0.565. The highest BCUT2D eigenvalue weighted by molar-refractivity contribution is 5.90. The second-order valence-corrected chi connectivity index (χ2v) is 7.36. The van der Waals surface area contributed by atoms with E-state index in [0.29, 0.717) is 35.5 Å². The van der Waals surface area contributed by atoms with Crippen molar-refractivity contribution in [2.75, 3.05) is 32.8 Å². The summed E-state index contributed by atoms with van der Waals surface area (Å²) in [5.41, 5.74) is 1.31. The molecule has 0 aliphatic carbocycles. The maximum atomic E-state index is 12.5. The Balaban J connectivity index is 2.01. The van der Waals surface area contributed by atoms with Crippen LogP contribution in [0.15, 0.2) is 42.5 Å². The molecule has 1 atom stereocenters. The lowest BCUT2D eigenvalue weighted by Crippen LogP contribution is -2.34. The molecule has 0 saturated carbocycles. The van der Waals surface area contributed by atoms with E-state index in [-0.39, 0.29) is 6.61 Å². The minimum absolute atomic E-state index is 0.243. The van der Waals surface area contributed by atoms with Crippen LogP contribution >= 0.6 is 0 Å². The highest BCUT2D eigenvalue weighted by atomic mass is 16.5. The van der Waals surface area contributed by atoms with Crippen molar-refractivity contribution in [2.45, 2.75) is 32.7 Å². The monoisotopic (exact) mass is 416 g/mol. The van der Waals surface area contributed by atoms with E-state index in [4.69, 9.17) is 14.2 Å². The number of aliphatic hydroxyl groups is 1. The van der Waals surface area contributed by atoms with Crippen LogP contribution in [-0.4, -0.2) is 38.6 Å². The van der Waals surface area contributed by atoms with Crippen LogP contribution in [0.5, 0.6) is 17.2 Å². The van der Waals surface area contributed by atoms with Gasteiger partial charge >= 0.3 is 6.03 Å². The molecule has 7 heteroatoms. The van der Waals surface area contributed by atoms with Gasteiger partial charge in [-0.05, 0) is 48.6 Å². The zero-order valence-corrected chi connectivity index (χ0v) is 18.1. The van der Waals surface area contributed by atoms with E-state index >= 15 is 0 Å². The van der Waals surface area contributed by atoms with E-state index in [9.17, 15) is 9.90 Å². The van der Waals surface area contributed by atoms with Crippen LogP contribution in [0.3, 0.4) is 0 Å². The molecule has 0 heterocycles. The summed E-state index contributed by atoms with van der Waals surface area (Å²) < 4.78 is 16.4. The first-order valence-electron chi connectivity index (χ1n) is 10.1. The highest BCUT2D eigenvalue weighted by Gasteiger charge is 2.15. The number of benzene rings is 2. The average molecular weight is 417 g/mol. The zero-order valence-electron chi connectivity index (χ0n) is 18.1. The molecule has 0 aromatic heterocycles. The molecule has 0 radical (unpaired) electrons. The lowest BCUT2D eigenvalue weighted by molar-refractivity contribution is 0.225. The van der Waals surface area contributed by atoms with Gasteiger partial charge in [0.15, 0.2) is 11.5 Å². The van der Waals surface area contributed by atoms with E-state index in [1.54, 1.807) is 44.6 Å². The largest absolute Gasteiger partial charge is 0.497 e. The Kier molecular flexibility index (Phi) is 9.28. The summed E-state index contributed by atoms with van der Waals surface area (Å²) in [7, 11) is 3.15. The molecule has 0 aliphatic rings. The zero-order chi connectivity index (χ0) is 21.9. The molecule has 2 rings (SSSR count). The third kappa shape index (κ3) is 7.15. The molecule has 2 aromatic rings. The van der Waals surface area contributed by atoms with Crippen molar-refractivity contribution in [2.24, 2.45) is 5.92 Å². The molecule has 0 fully saturated rings. The summed E-state index contributed by atoms with van der Waals surface area (Å²) in [5, 5.41) is 15.3. The quantitative estimate of drug-likeness (QED) is 0.473. The number of hydrogen-bond acceptors (Lipinski definition) is 5. The first-order chi connectivity index (χ1) is 14.5. The van der Waals surface area contributed by atoms with Crippen molar-refractivity contribution in [3.05, 3.63) is 48.0 Å². The van der Waals surface area contributed by atoms with Gasteiger partial charge in [-0.25, -0.2) is 4.79 Å². The van der Waals surface area contributed by atoms with Crippen LogP contribution in [0.2, 0.25) is 0 Å². The highest BCUT2D eigenvalue weighted by Crippen LogP contribution is 2.30. The van der Waals surface area contributed by atoms with Gasteiger partial charge in [0.2, 0.25) is 0 Å². The molecule has 0 saturated heterocycles. The number of anilines is 1. The molecule has 0 spiro atoms. The Morgan fingerprint density at radius 3 is 2.53 bits per heavy atom. The van der Waals surface area contributed by atoms with Crippen LogP contribution in [-0.2, 0) is 0 Å².